The lowest BCUT2D eigenvalue weighted by Gasteiger charge is -2.19. The van der Waals surface area contributed by atoms with E-state index >= 15 is 0 Å². The van der Waals surface area contributed by atoms with Gasteiger partial charge in [0.1, 0.15) is 19.0 Å². The van der Waals surface area contributed by atoms with Crippen LogP contribution in [0.3, 0.4) is 0 Å². The van der Waals surface area contributed by atoms with Gasteiger partial charge in [-0.1, -0.05) is 17.7 Å². The minimum Gasteiger partial charge on any atom is -0.496 e. The Morgan fingerprint density at radius 2 is 1.86 bits per heavy atom. The van der Waals surface area contributed by atoms with E-state index in [-0.39, 0.29) is 0 Å². The number of benzene rings is 2. The smallest absolute Gasteiger partial charge is 0.163 e. The van der Waals surface area contributed by atoms with Crippen LogP contribution in [0.15, 0.2) is 36.4 Å². The van der Waals surface area contributed by atoms with Crippen LogP contribution in [0.25, 0.3) is 0 Å². The Kier molecular flexibility index (Phi) is 3.86. The Labute approximate surface area is 124 Å². The molecule has 1 N–H and O–H groups in total. The van der Waals surface area contributed by atoms with Crippen LogP contribution in [0.4, 0.5) is 5.69 Å². The Morgan fingerprint density at radius 1 is 1.05 bits per heavy atom. The summed E-state index contributed by atoms with van der Waals surface area (Å²) in [5.74, 6) is 2.49. The molecule has 1 aliphatic rings. The maximum absolute atomic E-state index is 5.59. The third kappa shape index (κ3) is 3.05. The Balaban J connectivity index is 1.74. The van der Waals surface area contributed by atoms with E-state index in [4.69, 9.17) is 14.2 Å². The quantitative estimate of drug-likeness (QED) is 0.934. The van der Waals surface area contributed by atoms with Gasteiger partial charge in [-0.25, -0.2) is 0 Å². The first-order chi connectivity index (χ1) is 10.3. The van der Waals surface area contributed by atoms with Crippen LogP contribution in [0.5, 0.6) is 17.2 Å². The monoisotopic (exact) mass is 285 g/mol. The van der Waals surface area contributed by atoms with Gasteiger partial charge in [-0.3, -0.25) is 0 Å². The molecule has 0 fully saturated rings. The van der Waals surface area contributed by atoms with Crippen LogP contribution in [0.1, 0.15) is 11.1 Å². The highest BCUT2D eigenvalue weighted by atomic mass is 16.6. The van der Waals surface area contributed by atoms with Crippen molar-refractivity contribution < 1.29 is 14.2 Å². The van der Waals surface area contributed by atoms with Crippen molar-refractivity contribution in [3.8, 4) is 17.2 Å². The lowest BCUT2D eigenvalue weighted by atomic mass is 10.1. The molecular weight excluding hydrogens is 266 g/mol. The number of fused-ring (bicyclic) bond motifs is 1. The molecule has 0 bridgehead atoms. The van der Waals surface area contributed by atoms with E-state index in [0.29, 0.717) is 19.8 Å². The van der Waals surface area contributed by atoms with Crippen molar-refractivity contribution in [2.45, 2.75) is 13.5 Å². The third-order valence-electron chi connectivity index (χ3n) is 3.46. The summed E-state index contributed by atoms with van der Waals surface area (Å²) in [4.78, 5) is 0. The molecule has 21 heavy (non-hydrogen) atoms. The summed E-state index contributed by atoms with van der Waals surface area (Å²) in [6.45, 7) is 3.99. The highest BCUT2D eigenvalue weighted by Gasteiger charge is 2.11. The Hall–Kier alpha value is -2.36. The third-order valence-corrected chi connectivity index (χ3v) is 3.46. The molecule has 1 heterocycles. The zero-order valence-corrected chi connectivity index (χ0v) is 12.3. The topological polar surface area (TPSA) is 39.7 Å². The van der Waals surface area contributed by atoms with Crippen LogP contribution < -0.4 is 19.5 Å². The Morgan fingerprint density at radius 3 is 2.67 bits per heavy atom. The van der Waals surface area contributed by atoms with Crippen LogP contribution in [0, 0.1) is 6.92 Å². The fourth-order valence-electron chi connectivity index (χ4n) is 2.40. The first-order valence-corrected chi connectivity index (χ1v) is 7.03. The minimum atomic E-state index is 0.599. The van der Waals surface area contributed by atoms with E-state index < -0.39 is 0 Å². The molecule has 0 unspecified atom stereocenters. The molecule has 4 nitrogen and oxygen atoms in total. The van der Waals surface area contributed by atoms with E-state index in [1.807, 2.05) is 30.3 Å². The number of nitrogens with one attached hydrogen (secondary N) is 1. The summed E-state index contributed by atoms with van der Waals surface area (Å²) in [6, 6.07) is 12.1. The summed E-state index contributed by atoms with van der Waals surface area (Å²) in [6.07, 6.45) is 0. The van der Waals surface area contributed by atoms with Crippen molar-refractivity contribution in [3.63, 3.8) is 0 Å². The fraction of sp³-hybridized carbons (Fsp3) is 0.294. The molecule has 110 valence electrons. The maximum atomic E-state index is 5.59. The Bertz CT molecular complexity index is 640. The van der Waals surface area contributed by atoms with Crippen molar-refractivity contribution in [1.29, 1.82) is 0 Å². The van der Waals surface area contributed by atoms with Gasteiger partial charge in [0.2, 0.25) is 0 Å². The number of hydrogen-bond acceptors (Lipinski definition) is 4. The average Bonchev–Trinajstić information content (AvgIpc) is 2.53. The summed E-state index contributed by atoms with van der Waals surface area (Å²) in [5.41, 5.74) is 3.35. The first-order valence-electron chi connectivity index (χ1n) is 7.03. The van der Waals surface area contributed by atoms with Gasteiger partial charge in [-0.05, 0) is 25.1 Å². The van der Waals surface area contributed by atoms with Crippen molar-refractivity contribution in [3.05, 3.63) is 47.5 Å². The van der Waals surface area contributed by atoms with Gasteiger partial charge in [0.25, 0.3) is 0 Å². The second-order valence-corrected chi connectivity index (χ2v) is 5.03. The predicted octanol–water partition coefficient (Wildman–Crippen LogP) is 3.39. The van der Waals surface area contributed by atoms with E-state index in [1.165, 1.54) is 5.56 Å². The number of methoxy groups -OCH3 is 1. The number of ether oxygens (including phenoxy) is 3. The van der Waals surface area contributed by atoms with Crippen LogP contribution in [0.2, 0.25) is 0 Å². The molecule has 0 amide bonds. The zero-order valence-electron chi connectivity index (χ0n) is 12.3. The van der Waals surface area contributed by atoms with Crippen molar-refractivity contribution in [2.75, 3.05) is 25.6 Å². The number of anilines is 1. The second kappa shape index (κ2) is 5.95. The highest BCUT2D eigenvalue weighted by Crippen LogP contribution is 2.33. The van der Waals surface area contributed by atoms with Crippen molar-refractivity contribution >= 4 is 5.69 Å². The van der Waals surface area contributed by atoms with E-state index in [0.717, 1.165) is 28.5 Å². The van der Waals surface area contributed by atoms with E-state index in [1.54, 1.807) is 7.11 Å². The van der Waals surface area contributed by atoms with Gasteiger partial charge in [0.15, 0.2) is 11.5 Å². The van der Waals surface area contributed by atoms with Crippen LogP contribution >= 0.6 is 0 Å². The number of rotatable bonds is 4. The summed E-state index contributed by atoms with van der Waals surface area (Å²) in [7, 11) is 1.69. The largest absolute Gasteiger partial charge is 0.496 e. The summed E-state index contributed by atoms with van der Waals surface area (Å²) in [5, 5.41) is 3.40. The second-order valence-electron chi connectivity index (χ2n) is 5.03. The average molecular weight is 285 g/mol. The predicted molar refractivity (Wildman–Crippen MR) is 82.5 cm³/mol. The van der Waals surface area contributed by atoms with E-state index in [2.05, 4.69) is 18.3 Å². The highest BCUT2D eigenvalue weighted by molar-refractivity contribution is 5.55. The summed E-state index contributed by atoms with van der Waals surface area (Å²) >= 11 is 0. The summed E-state index contributed by atoms with van der Waals surface area (Å²) < 4.78 is 16.5. The minimum absolute atomic E-state index is 0.599. The van der Waals surface area contributed by atoms with Crippen LogP contribution in [-0.4, -0.2) is 20.3 Å². The standard InChI is InChI=1S/C17H19NO3/c1-12-3-5-15(19-2)13(9-12)11-18-14-4-6-16-17(10-14)21-8-7-20-16/h3-6,9-10,18H,7-8,11H2,1-2H3. The van der Waals surface area contributed by atoms with Gasteiger partial charge in [-0.15, -0.1) is 0 Å². The molecule has 2 aromatic rings. The molecule has 0 radical (unpaired) electrons. The van der Waals surface area contributed by atoms with Crippen LogP contribution in [-0.2, 0) is 6.54 Å². The number of aryl methyl sites for hydroxylation is 1. The van der Waals surface area contributed by atoms with Gasteiger partial charge >= 0.3 is 0 Å². The molecule has 0 aromatic heterocycles. The normalized spacial score (nSPS) is 12.9. The molecule has 0 spiro atoms. The number of hydrogen-bond donors (Lipinski definition) is 1. The molecule has 4 heteroatoms. The molecule has 3 rings (SSSR count). The van der Waals surface area contributed by atoms with Crippen molar-refractivity contribution in [1.82, 2.24) is 0 Å². The van der Waals surface area contributed by atoms with Crippen molar-refractivity contribution in [2.24, 2.45) is 0 Å². The maximum Gasteiger partial charge on any atom is 0.163 e. The zero-order chi connectivity index (χ0) is 14.7. The lowest BCUT2D eigenvalue weighted by Crippen LogP contribution is -2.15. The van der Waals surface area contributed by atoms with Gasteiger partial charge in [0, 0.05) is 23.9 Å². The molecule has 0 aliphatic carbocycles. The molecule has 0 saturated heterocycles. The lowest BCUT2D eigenvalue weighted by molar-refractivity contribution is 0.171. The molecule has 0 saturated carbocycles. The van der Waals surface area contributed by atoms with Gasteiger partial charge in [0.05, 0.1) is 7.11 Å². The first kappa shape index (κ1) is 13.6. The van der Waals surface area contributed by atoms with E-state index in [9.17, 15) is 0 Å². The molecular formula is C17H19NO3. The molecule has 1 aliphatic heterocycles. The molecule has 2 aromatic carbocycles. The SMILES string of the molecule is COc1ccc(C)cc1CNc1ccc2c(c1)OCCO2. The van der Waals surface area contributed by atoms with Gasteiger partial charge < -0.3 is 19.5 Å². The molecule has 0 atom stereocenters. The van der Waals surface area contributed by atoms with Gasteiger partial charge in [-0.2, -0.15) is 0 Å². The fourth-order valence-corrected chi connectivity index (χ4v) is 2.40.